The van der Waals surface area contributed by atoms with Crippen LogP contribution in [0.3, 0.4) is 0 Å². The van der Waals surface area contributed by atoms with E-state index in [4.69, 9.17) is 9.47 Å². The lowest BCUT2D eigenvalue weighted by Crippen LogP contribution is -2.41. The molecule has 0 aliphatic carbocycles. The van der Waals surface area contributed by atoms with Crippen molar-refractivity contribution >= 4 is 12.1 Å². The number of esters is 1. The van der Waals surface area contributed by atoms with E-state index in [0.717, 1.165) is 12.8 Å². The highest BCUT2D eigenvalue weighted by Gasteiger charge is 2.24. The maximum atomic E-state index is 12.1. The molecule has 134 valence electrons. The van der Waals surface area contributed by atoms with Crippen LogP contribution in [0, 0.1) is 0 Å². The van der Waals surface area contributed by atoms with Gasteiger partial charge in [-0.3, -0.25) is 0 Å². The van der Waals surface area contributed by atoms with E-state index in [1.54, 1.807) is 36.1 Å². The van der Waals surface area contributed by atoms with Crippen molar-refractivity contribution in [1.29, 1.82) is 0 Å². The number of nitrogens with zero attached hydrogens (tertiary/aromatic N) is 1. The van der Waals surface area contributed by atoms with Crippen molar-refractivity contribution < 1.29 is 19.1 Å². The van der Waals surface area contributed by atoms with E-state index >= 15 is 0 Å². The molecule has 5 heteroatoms. The van der Waals surface area contributed by atoms with Gasteiger partial charge in [0, 0.05) is 19.0 Å². The summed E-state index contributed by atoms with van der Waals surface area (Å²) in [5.74, 6) is -0.341. The number of amides is 1. The molecule has 0 spiro atoms. The third-order valence-electron chi connectivity index (χ3n) is 3.78. The van der Waals surface area contributed by atoms with E-state index in [2.05, 4.69) is 6.92 Å². The third kappa shape index (κ3) is 6.60. The fourth-order valence-electron chi connectivity index (χ4n) is 2.51. The SMILES string of the molecule is CCCCN(C(=O)OCC)C(C)CC(C)OC(=O)c1ccccc1. The zero-order chi connectivity index (χ0) is 17.9. The smallest absolute Gasteiger partial charge is 0.409 e. The van der Waals surface area contributed by atoms with Gasteiger partial charge in [-0.1, -0.05) is 31.5 Å². The van der Waals surface area contributed by atoms with Crippen LogP contribution in [0.25, 0.3) is 0 Å². The second-order valence-corrected chi connectivity index (χ2v) is 5.91. The number of hydrogen-bond donors (Lipinski definition) is 0. The Morgan fingerprint density at radius 1 is 1.12 bits per heavy atom. The first-order valence-corrected chi connectivity index (χ1v) is 8.69. The van der Waals surface area contributed by atoms with Gasteiger partial charge in [-0.2, -0.15) is 0 Å². The maximum Gasteiger partial charge on any atom is 0.409 e. The minimum absolute atomic E-state index is 0.0610. The van der Waals surface area contributed by atoms with Gasteiger partial charge in [0.2, 0.25) is 0 Å². The topological polar surface area (TPSA) is 55.8 Å². The summed E-state index contributed by atoms with van der Waals surface area (Å²) in [6.45, 7) is 8.69. The van der Waals surface area contributed by atoms with Gasteiger partial charge >= 0.3 is 12.1 Å². The van der Waals surface area contributed by atoms with E-state index in [9.17, 15) is 9.59 Å². The molecule has 2 unspecified atom stereocenters. The predicted octanol–water partition coefficient (Wildman–Crippen LogP) is 4.27. The molecule has 0 saturated heterocycles. The van der Waals surface area contributed by atoms with E-state index in [1.165, 1.54) is 0 Å². The van der Waals surface area contributed by atoms with Gasteiger partial charge in [-0.15, -0.1) is 0 Å². The van der Waals surface area contributed by atoms with Crippen LogP contribution < -0.4 is 0 Å². The van der Waals surface area contributed by atoms with Gasteiger partial charge in [-0.25, -0.2) is 9.59 Å². The van der Waals surface area contributed by atoms with Gasteiger partial charge in [0.25, 0.3) is 0 Å². The molecule has 1 rings (SSSR count). The Labute approximate surface area is 144 Å². The van der Waals surface area contributed by atoms with Gasteiger partial charge in [0.1, 0.15) is 6.10 Å². The van der Waals surface area contributed by atoms with Crippen molar-refractivity contribution in [3.63, 3.8) is 0 Å². The Hall–Kier alpha value is -2.04. The number of carbonyl (C=O) groups is 2. The van der Waals surface area contributed by atoms with Crippen molar-refractivity contribution in [1.82, 2.24) is 4.90 Å². The molecule has 0 radical (unpaired) electrons. The van der Waals surface area contributed by atoms with E-state index < -0.39 is 0 Å². The maximum absolute atomic E-state index is 12.1. The highest BCUT2D eigenvalue weighted by atomic mass is 16.6. The molecule has 0 heterocycles. The summed E-state index contributed by atoms with van der Waals surface area (Å²) in [6, 6.07) is 8.85. The second kappa shape index (κ2) is 10.7. The Bertz CT molecular complexity index is 503. The van der Waals surface area contributed by atoms with Gasteiger partial charge < -0.3 is 14.4 Å². The third-order valence-corrected chi connectivity index (χ3v) is 3.78. The summed E-state index contributed by atoms with van der Waals surface area (Å²) in [5, 5.41) is 0. The van der Waals surface area contributed by atoms with Crippen molar-refractivity contribution in [3.05, 3.63) is 35.9 Å². The summed E-state index contributed by atoms with van der Waals surface area (Å²) in [4.78, 5) is 25.9. The fraction of sp³-hybridized carbons (Fsp3) is 0.579. The number of rotatable bonds is 9. The molecule has 0 bridgehead atoms. The highest BCUT2D eigenvalue weighted by Crippen LogP contribution is 2.14. The highest BCUT2D eigenvalue weighted by molar-refractivity contribution is 5.89. The van der Waals surface area contributed by atoms with E-state index in [-0.39, 0.29) is 24.2 Å². The molecule has 0 aliphatic rings. The Balaban J connectivity index is 2.59. The number of hydrogen-bond acceptors (Lipinski definition) is 4. The molecule has 2 atom stereocenters. The molecular formula is C19H29NO4. The standard InChI is InChI=1S/C19H29NO4/c1-5-7-13-20(19(22)23-6-2)15(3)14-16(4)24-18(21)17-11-9-8-10-12-17/h8-12,15-16H,5-7,13-14H2,1-4H3. The number of unbranched alkanes of at least 4 members (excludes halogenated alkanes) is 1. The molecule has 24 heavy (non-hydrogen) atoms. The molecule has 1 aromatic rings. The van der Waals surface area contributed by atoms with Crippen LogP contribution >= 0.6 is 0 Å². The van der Waals surface area contributed by atoms with Crippen LogP contribution in [0.1, 0.15) is 57.3 Å². The minimum Gasteiger partial charge on any atom is -0.459 e. The average molecular weight is 335 g/mol. The molecule has 0 N–H and O–H groups in total. The minimum atomic E-state index is -0.341. The van der Waals surface area contributed by atoms with Crippen LogP contribution in [0.4, 0.5) is 4.79 Å². The van der Waals surface area contributed by atoms with E-state index in [1.807, 2.05) is 19.9 Å². The predicted molar refractivity (Wildman–Crippen MR) is 94.0 cm³/mol. The molecule has 5 nitrogen and oxygen atoms in total. The molecule has 0 aliphatic heterocycles. The van der Waals surface area contributed by atoms with Crippen LogP contribution in [0.2, 0.25) is 0 Å². The summed E-state index contributed by atoms with van der Waals surface area (Å²) in [6.07, 6.45) is 1.90. The monoisotopic (exact) mass is 335 g/mol. The number of benzene rings is 1. The van der Waals surface area contributed by atoms with Gasteiger partial charge in [0.05, 0.1) is 12.2 Å². The first kappa shape index (κ1) is 20.0. The molecule has 1 amide bonds. The van der Waals surface area contributed by atoms with Crippen molar-refractivity contribution in [2.45, 2.75) is 59.1 Å². The molecule has 0 saturated carbocycles. The summed E-state index contributed by atoms with van der Waals surface area (Å²) in [7, 11) is 0. The first-order chi connectivity index (χ1) is 11.5. The summed E-state index contributed by atoms with van der Waals surface area (Å²) in [5.41, 5.74) is 0.533. The Morgan fingerprint density at radius 2 is 1.79 bits per heavy atom. The van der Waals surface area contributed by atoms with Gasteiger partial charge in [0.15, 0.2) is 0 Å². The largest absolute Gasteiger partial charge is 0.459 e. The normalized spacial score (nSPS) is 13.0. The number of ether oxygens (including phenoxy) is 2. The molecular weight excluding hydrogens is 306 g/mol. The van der Waals surface area contributed by atoms with Crippen LogP contribution in [0.15, 0.2) is 30.3 Å². The quantitative estimate of drug-likeness (QED) is 0.632. The van der Waals surface area contributed by atoms with Crippen molar-refractivity contribution in [3.8, 4) is 0 Å². The lowest BCUT2D eigenvalue weighted by Gasteiger charge is -2.30. The summed E-state index contributed by atoms with van der Waals surface area (Å²) < 4.78 is 10.6. The Morgan fingerprint density at radius 3 is 2.38 bits per heavy atom. The van der Waals surface area contributed by atoms with E-state index in [0.29, 0.717) is 25.1 Å². The Kier molecular flexibility index (Phi) is 8.90. The lowest BCUT2D eigenvalue weighted by molar-refractivity contribution is 0.0249. The second-order valence-electron chi connectivity index (χ2n) is 5.91. The van der Waals surface area contributed by atoms with Crippen LogP contribution in [-0.2, 0) is 9.47 Å². The fourth-order valence-corrected chi connectivity index (χ4v) is 2.51. The van der Waals surface area contributed by atoms with Gasteiger partial charge in [-0.05, 0) is 39.3 Å². The zero-order valence-electron chi connectivity index (χ0n) is 15.2. The van der Waals surface area contributed by atoms with Crippen LogP contribution in [-0.4, -0.2) is 42.3 Å². The molecule has 0 fully saturated rings. The first-order valence-electron chi connectivity index (χ1n) is 8.69. The van der Waals surface area contributed by atoms with Crippen LogP contribution in [0.5, 0.6) is 0 Å². The molecule has 1 aromatic carbocycles. The summed E-state index contributed by atoms with van der Waals surface area (Å²) >= 11 is 0. The number of carbonyl (C=O) groups excluding carboxylic acids is 2. The zero-order valence-corrected chi connectivity index (χ0v) is 15.2. The van der Waals surface area contributed by atoms with Crippen molar-refractivity contribution in [2.24, 2.45) is 0 Å². The van der Waals surface area contributed by atoms with Crippen molar-refractivity contribution in [2.75, 3.05) is 13.2 Å². The average Bonchev–Trinajstić information content (AvgIpc) is 2.56. The molecule has 0 aromatic heterocycles. The lowest BCUT2D eigenvalue weighted by atomic mass is 10.1.